The molecule has 2 heterocycles. The molecule has 0 saturated heterocycles. The van der Waals surface area contributed by atoms with E-state index in [-0.39, 0.29) is 0 Å². The maximum absolute atomic E-state index is 6.34. The number of hydrogen-bond acceptors (Lipinski definition) is 3. The maximum atomic E-state index is 6.34. The number of anilines is 3. The van der Waals surface area contributed by atoms with Crippen molar-refractivity contribution < 1.29 is 8.83 Å². The normalized spacial score (nSPS) is 13.0. The number of fused-ring (bicyclic) bond motifs is 9. The maximum Gasteiger partial charge on any atom is 0.135 e. The van der Waals surface area contributed by atoms with Crippen LogP contribution in [0.1, 0.15) is 22.3 Å². The van der Waals surface area contributed by atoms with Crippen LogP contribution < -0.4 is 4.90 Å². The van der Waals surface area contributed by atoms with E-state index >= 15 is 0 Å². The molecule has 0 fully saturated rings. The molecule has 0 radical (unpaired) electrons. The Morgan fingerprint density at radius 1 is 0.345 bits per heavy atom. The molecule has 1 aliphatic rings. The zero-order chi connectivity index (χ0) is 38.2. The number of furan rings is 2. The van der Waals surface area contributed by atoms with Crippen LogP contribution in [0.3, 0.4) is 0 Å². The fourth-order valence-electron chi connectivity index (χ4n) is 9.65. The average molecular weight is 742 g/mol. The molecule has 0 unspecified atom stereocenters. The third kappa shape index (κ3) is 4.74. The molecule has 9 aromatic carbocycles. The van der Waals surface area contributed by atoms with Gasteiger partial charge in [-0.05, 0) is 99.6 Å². The van der Waals surface area contributed by atoms with E-state index in [0.29, 0.717) is 0 Å². The highest BCUT2D eigenvalue weighted by Gasteiger charge is 2.47. The lowest BCUT2D eigenvalue weighted by Gasteiger charge is -2.34. The molecule has 0 N–H and O–H groups in total. The molecule has 2 aromatic heterocycles. The summed E-state index contributed by atoms with van der Waals surface area (Å²) in [5, 5.41) is 4.45. The first-order chi connectivity index (χ1) is 28.8. The molecule has 0 amide bonds. The largest absolute Gasteiger partial charge is 0.456 e. The highest BCUT2D eigenvalue weighted by molar-refractivity contribution is 6.08. The van der Waals surface area contributed by atoms with E-state index in [9.17, 15) is 0 Å². The van der Waals surface area contributed by atoms with Crippen molar-refractivity contribution >= 4 is 60.9 Å². The minimum absolute atomic E-state index is 0.513. The van der Waals surface area contributed by atoms with Gasteiger partial charge in [-0.2, -0.15) is 0 Å². The summed E-state index contributed by atoms with van der Waals surface area (Å²) in [7, 11) is 0. The first-order valence-electron chi connectivity index (χ1n) is 19.8. The van der Waals surface area contributed by atoms with Gasteiger partial charge in [0.1, 0.15) is 22.3 Å². The number of para-hydroxylation sites is 2. The van der Waals surface area contributed by atoms with Crippen molar-refractivity contribution in [1.29, 1.82) is 0 Å². The Bertz CT molecular complexity index is 3300. The van der Waals surface area contributed by atoms with E-state index in [1.165, 1.54) is 33.4 Å². The van der Waals surface area contributed by atoms with Crippen LogP contribution >= 0.6 is 0 Å². The van der Waals surface area contributed by atoms with Crippen molar-refractivity contribution in [3.8, 4) is 22.3 Å². The van der Waals surface area contributed by atoms with E-state index < -0.39 is 5.41 Å². The summed E-state index contributed by atoms with van der Waals surface area (Å²) in [4.78, 5) is 2.43. The number of benzene rings is 9. The Hall–Kier alpha value is -7.62. The summed E-state index contributed by atoms with van der Waals surface area (Å²) in [6.07, 6.45) is 0. The van der Waals surface area contributed by atoms with Crippen molar-refractivity contribution in [2.24, 2.45) is 0 Å². The Morgan fingerprint density at radius 3 is 1.55 bits per heavy atom. The fourth-order valence-corrected chi connectivity index (χ4v) is 9.65. The molecule has 11 aromatic rings. The van der Waals surface area contributed by atoms with Crippen LogP contribution in [-0.2, 0) is 5.41 Å². The van der Waals surface area contributed by atoms with Gasteiger partial charge in [0.2, 0.25) is 0 Å². The SMILES string of the molecule is c1ccc(C2(c3ccccc3)c3ccccc3-c3c(N(c4ccc(-c5ccc6oc7ccccc7c6c5)cc4)c4ccc5oc6ccccc6c5c4)cccc32)cc1. The van der Waals surface area contributed by atoms with E-state index in [1.54, 1.807) is 0 Å². The van der Waals surface area contributed by atoms with Crippen LogP contribution in [0, 0.1) is 0 Å². The molecular formula is C55H35NO2. The molecule has 12 rings (SSSR count). The van der Waals surface area contributed by atoms with Crippen LogP contribution in [0.2, 0.25) is 0 Å². The summed E-state index contributed by atoms with van der Waals surface area (Å²) in [5.74, 6) is 0. The number of hydrogen-bond donors (Lipinski definition) is 0. The first kappa shape index (κ1) is 32.6. The van der Waals surface area contributed by atoms with Gasteiger partial charge in [0.15, 0.2) is 0 Å². The van der Waals surface area contributed by atoms with Crippen LogP contribution in [-0.4, -0.2) is 0 Å². The van der Waals surface area contributed by atoms with Crippen molar-refractivity contribution in [3.05, 3.63) is 235 Å². The standard InChI is InChI=1S/C55H35NO2/c1-3-14-38(15-4-1)55(39-16-5-2-6-17-39)47-21-10-7-20-44(47)54-48(55)22-13-23-49(54)56(41-31-33-53-46(35-41)43-19-9-12-25-51(43)58-53)40-29-26-36(27-30-40)37-28-32-52-45(34-37)42-18-8-11-24-50(42)57-52/h1-35H. The smallest absolute Gasteiger partial charge is 0.135 e. The zero-order valence-corrected chi connectivity index (χ0v) is 31.5. The summed E-state index contributed by atoms with van der Waals surface area (Å²) >= 11 is 0. The van der Waals surface area contributed by atoms with Gasteiger partial charge in [-0.3, -0.25) is 0 Å². The quantitative estimate of drug-likeness (QED) is 0.170. The van der Waals surface area contributed by atoms with Gasteiger partial charge in [0.05, 0.1) is 11.1 Å². The summed E-state index contributed by atoms with van der Waals surface area (Å²) in [6, 6.07) is 76.5. The minimum atomic E-state index is -0.513. The molecule has 0 bridgehead atoms. The molecule has 1 aliphatic carbocycles. The fraction of sp³-hybridized carbons (Fsp3) is 0.0182. The minimum Gasteiger partial charge on any atom is -0.456 e. The highest BCUT2D eigenvalue weighted by atomic mass is 16.3. The molecule has 3 nitrogen and oxygen atoms in total. The number of nitrogens with zero attached hydrogens (tertiary/aromatic N) is 1. The van der Waals surface area contributed by atoms with E-state index in [2.05, 4.69) is 193 Å². The molecule has 0 atom stereocenters. The van der Waals surface area contributed by atoms with Crippen molar-refractivity contribution in [3.63, 3.8) is 0 Å². The van der Waals surface area contributed by atoms with Crippen LogP contribution in [0.5, 0.6) is 0 Å². The second-order valence-electron chi connectivity index (χ2n) is 15.2. The lowest BCUT2D eigenvalue weighted by Crippen LogP contribution is -2.28. The highest BCUT2D eigenvalue weighted by Crippen LogP contribution is 2.59. The van der Waals surface area contributed by atoms with Gasteiger partial charge < -0.3 is 13.7 Å². The average Bonchev–Trinajstić information content (AvgIpc) is 3.96. The molecule has 0 spiro atoms. The molecular weight excluding hydrogens is 707 g/mol. The second kappa shape index (κ2) is 12.7. The van der Waals surface area contributed by atoms with Crippen molar-refractivity contribution in [2.75, 3.05) is 4.90 Å². The second-order valence-corrected chi connectivity index (χ2v) is 15.2. The Morgan fingerprint density at radius 2 is 0.862 bits per heavy atom. The molecule has 58 heavy (non-hydrogen) atoms. The molecule has 0 saturated carbocycles. The number of rotatable bonds is 6. The van der Waals surface area contributed by atoms with E-state index in [4.69, 9.17) is 8.83 Å². The monoisotopic (exact) mass is 741 g/mol. The van der Waals surface area contributed by atoms with Gasteiger partial charge in [0.25, 0.3) is 0 Å². The van der Waals surface area contributed by atoms with Gasteiger partial charge in [-0.1, -0.05) is 152 Å². The van der Waals surface area contributed by atoms with Gasteiger partial charge >= 0.3 is 0 Å². The topological polar surface area (TPSA) is 29.5 Å². The van der Waals surface area contributed by atoms with Gasteiger partial charge in [0, 0.05) is 38.5 Å². The van der Waals surface area contributed by atoms with E-state index in [1.807, 2.05) is 24.3 Å². The predicted molar refractivity (Wildman–Crippen MR) is 238 cm³/mol. The summed E-state index contributed by atoms with van der Waals surface area (Å²) < 4.78 is 12.5. The van der Waals surface area contributed by atoms with Gasteiger partial charge in [-0.25, -0.2) is 0 Å². The Balaban J connectivity index is 1.09. The summed E-state index contributed by atoms with van der Waals surface area (Å²) in [6.45, 7) is 0. The molecule has 272 valence electrons. The Kier molecular flexibility index (Phi) is 7.14. The third-order valence-corrected chi connectivity index (χ3v) is 12.2. The van der Waals surface area contributed by atoms with Crippen LogP contribution in [0.25, 0.3) is 66.1 Å². The third-order valence-electron chi connectivity index (χ3n) is 12.2. The van der Waals surface area contributed by atoms with Crippen molar-refractivity contribution in [2.45, 2.75) is 5.41 Å². The Labute approximate surface area is 335 Å². The summed E-state index contributed by atoms with van der Waals surface area (Å²) in [5.41, 5.74) is 16.1. The van der Waals surface area contributed by atoms with Crippen LogP contribution in [0.15, 0.2) is 221 Å². The zero-order valence-electron chi connectivity index (χ0n) is 31.5. The first-order valence-corrected chi connectivity index (χ1v) is 19.8. The lowest BCUT2D eigenvalue weighted by molar-refractivity contribution is 0.668. The van der Waals surface area contributed by atoms with Crippen molar-refractivity contribution in [1.82, 2.24) is 0 Å². The molecule has 3 heteroatoms. The van der Waals surface area contributed by atoms with E-state index in [0.717, 1.165) is 72.1 Å². The predicted octanol–water partition coefficient (Wildman–Crippen LogP) is 15.0. The van der Waals surface area contributed by atoms with Gasteiger partial charge in [-0.15, -0.1) is 0 Å². The molecule has 0 aliphatic heterocycles. The van der Waals surface area contributed by atoms with Crippen LogP contribution in [0.4, 0.5) is 17.1 Å². The lowest BCUT2D eigenvalue weighted by atomic mass is 9.68.